The Kier molecular flexibility index (Phi) is 7.28. The zero-order valence-corrected chi connectivity index (χ0v) is 19.8. The third-order valence-corrected chi connectivity index (χ3v) is 7.33. The molecule has 1 aliphatic heterocycles. The molecule has 2 saturated carbocycles. The van der Waals surface area contributed by atoms with E-state index in [-0.39, 0.29) is 24.0 Å². The Morgan fingerprint density at radius 1 is 1.36 bits per heavy atom. The molecule has 1 N–H and O–H groups in total. The maximum atomic E-state index is 6.08. The normalized spacial score (nSPS) is 32.1. The second-order valence-electron chi connectivity index (χ2n) is 8.65. The number of halogens is 1. The van der Waals surface area contributed by atoms with Crippen LogP contribution in [0.15, 0.2) is 23.7 Å². The summed E-state index contributed by atoms with van der Waals surface area (Å²) in [5.74, 6) is 1.72. The largest absolute Gasteiger partial charge is 0.378 e. The van der Waals surface area contributed by atoms with Gasteiger partial charge in [0.05, 0.1) is 18.5 Å². The molecule has 1 spiro atoms. The van der Waals surface area contributed by atoms with Gasteiger partial charge in [-0.25, -0.2) is 4.98 Å². The number of ether oxygens (including phenoxy) is 1. The molecule has 4 unspecified atom stereocenters. The quantitative estimate of drug-likeness (QED) is 0.389. The molecule has 2 aliphatic carbocycles. The zero-order valence-electron chi connectivity index (χ0n) is 17.5. The number of guanidine groups is 1. The molecule has 0 bridgehead atoms. The highest BCUT2D eigenvalue weighted by atomic mass is 127. The minimum atomic E-state index is 0. The van der Waals surface area contributed by atoms with Crippen molar-refractivity contribution in [2.45, 2.75) is 70.6 Å². The van der Waals surface area contributed by atoms with Crippen LogP contribution in [0.5, 0.6) is 0 Å². The van der Waals surface area contributed by atoms with Crippen molar-refractivity contribution in [3.63, 3.8) is 0 Å². The maximum Gasteiger partial charge on any atom is 0.193 e. The number of hydrogen-bond donors (Lipinski definition) is 1. The van der Waals surface area contributed by atoms with Gasteiger partial charge in [-0.3, -0.25) is 4.99 Å². The van der Waals surface area contributed by atoms with E-state index in [9.17, 15) is 0 Å². The number of likely N-dealkylation sites (tertiary alicyclic amines) is 1. The lowest BCUT2D eigenvalue weighted by Crippen LogP contribution is -2.65. The van der Waals surface area contributed by atoms with Crippen molar-refractivity contribution in [2.75, 3.05) is 26.7 Å². The molecular weight excluding hydrogens is 465 g/mol. The van der Waals surface area contributed by atoms with Gasteiger partial charge in [0.2, 0.25) is 0 Å². The number of nitrogens with one attached hydrogen (secondary N) is 1. The maximum absolute atomic E-state index is 6.08. The van der Waals surface area contributed by atoms with Crippen LogP contribution in [0.3, 0.4) is 0 Å². The Hall–Kier alpha value is -0.830. The molecule has 0 amide bonds. The summed E-state index contributed by atoms with van der Waals surface area (Å²) in [4.78, 5) is 11.4. The molecule has 2 heterocycles. The molecule has 4 rings (SSSR count). The lowest BCUT2D eigenvalue weighted by Gasteiger charge is -2.55. The van der Waals surface area contributed by atoms with Crippen LogP contribution in [0.4, 0.5) is 0 Å². The van der Waals surface area contributed by atoms with E-state index in [2.05, 4.69) is 44.8 Å². The second kappa shape index (κ2) is 9.32. The molecule has 28 heavy (non-hydrogen) atoms. The zero-order chi connectivity index (χ0) is 18.9. The van der Waals surface area contributed by atoms with E-state index in [0.29, 0.717) is 29.5 Å². The van der Waals surface area contributed by atoms with Crippen molar-refractivity contribution < 1.29 is 4.74 Å². The highest BCUT2D eigenvalue weighted by molar-refractivity contribution is 14.0. The predicted octanol–water partition coefficient (Wildman–Crippen LogP) is 3.70. The van der Waals surface area contributed by atoms with Crippen LogP contribution in [0.2, 0.25) is 0 Å². The first-order valence-corrected chi connectivity index (χ1v) is 10.7. The molecule has 1 saturated heterocycles. The summed E-state index contributed by atoms with van der Waals surface area (Å²) in [5, 5.41) is 3.85. The monoisotopic (exact) mass is 501 g/mol. The number of aromatic nitrogens is 2. The summed E-state index contributed by atoms with van der Waals surface area (Å²) in [7, 11) is 1.92. The summed E-state index contributed by atoms with van der Waals surface area (Å²) in [6.07, 6.45) is 13.9. The Balaban J connectivity index is 0.00000225. The average Bonchev–Trinajstić information content (AvgIpc) is 3.38. The third-order valence-electron chi connectivity index (χ3n) is 7.33. The summed E-state index contributed by atoms with van der Waals surface area (Å²) in [6.45, 7) is 7.36. The standard InChI is InChI=1S/C21H35N5O.HI/c1-4-27-19-13-18(21(19)8-5-6-9-21)24-20(22-3)25-11-7-16(2)17(14-25)26-12-10-23-15-26;/h10,12,15-19H,4-9,11,13-14H2,1-3H3,(H,22,24);1H. The van der Waals surface area contributed by atoms with Gasteiger partial charge in [-0.2, -0.15) is 0 Å². The van der Waals surface area contributed by atoms with Crippen LogP contribution >= 0.6 is 24.0 Å². The van der Waals surface area contributed by atoms with Crippen molar-refractivity contribution in [2.24, 2.45) is 16.3 Å². The fourth-order valence-electron chi connectivity index (χ4n) is 5.64. The van der Waals surface area contributed by atoms with Crippen LogP contribution < -0.4 is 5.32 Å². The first kappa shape index (κ1) is 21.9. The Bertz CT molecular complexity index is 643. The van der Waals surface area contributed by atoms with E-state index in [1.54, 1.807) is 0 Å². The minimum Gasteiger partial charge on any atom is -0.378 e. The molecule has 7 heteroatoms. The molecule has 0 radical (unpaired) electrons. The molecule has 6 nitrogen and oxygen atoms in total. The Morgan fingerprint density at radius 2 is 2.14 bits per heavy atom. The summed E-state index contributed by atoms with van der Waals surface area (Å²) in [6, 6.07) is 0.957. The van der Waals surface area contributed by atoms with Crippen molar-refractivity contribution in [3.8, 4) is 0 Å². The van der Waals surface area contributed by atoms with Gasteiger partial charge in [0, 0.05) is 50.6 Å². The molecule has 1 aromatic rings. The van der Waals surface area contributed by atoms with Gasteiger partial charge in [-0.1, -0.05) is 19.8 Å². The summed E-state index contributed by atoms with van der Waals surface area (Å²) < 4.78 is 8.34. The first-order valence-electron chi connectivity index (χ1n) is 10.7. The smallest absolute Gasteiger partial charge is 0.193 e. The van der Waals surface area contributed by atoms with Gasteiger partial charge in [-0.05, 0) is 38.5 Å². The SMILES string of the molecule is CCOC1CC(NC(=NC)N2CCC(C)C(n3ccnc3)C2)C12CCCC2.I. The van der Waals surface area contributed by atoms with E-state index in [1.807, 2.05) is 19.6 Å². The van der Waals surface area contributed by atoms with E-state index < -0.39 is 0 Å². The number of piperidine rings is 1. The molecule has 1 aromatic heterocycles. The predicted molar refractivity (Wildman–Crippen MR) is 123 cm³/mol. The van der Waals surface area contributed by atoms with E-state index in [1.165, 1.54) is 32.1 Å². The van der Waals surface area contributed by atoms with Gasteiger partial charge < -0.3 is 19.5 Å². The molecule has 3 aliphatic rings. The van der Waals surface area contributed by atoms with Gasteiger partial charge in [0.25, 0.3) is 0 Å². The van der Waals surface area contributed by atoms with Crippen molar-refractivity contribution in [1.29, 1.82) is 0 Å². The topological polar surface area (TPSA) is 54.7 Å². The second-order valence-corrected chi connectivity index (χ2v) is 8.65. The lowest BCUT2D eigenvalue weighted by atomic mass is 9.60. The third kappa shape index (κ3) is 3.93. The van der Waals surface area contributed by atoms with Crippen LogP contribution in [-0.2, 0) is 4.74 Å². The van der Waals surface area contributed by atoms with E-state index in [4.69, 9.17) is 4.74 Å². The first-order chi connectivity index (χ1) is 13.2. The molecule has 0 aromatic carbocycles. The molecular formula is C21H36IN5O. The van der Waals surface area contributed by atoms with Crippen LogP contribution in [0, 0.1) is 11.3 Å². The highest BCUT2D eigenvalue weighted by Crippen LogP contribution is 2.54. The Morgan fingerprint density at radius 3 is 2.79 bits per heavy atom. The van der Waals surface area contributed by atoms with E-state index in [0.717, 1.165) is 32.1 Å². The average molecular weight is 501 g/mol. The van der Waals surface area contributed by atoms with Crippen LogP contribution in [0.25, 0.3) is 0 Å². The molecule has 3 fully saturated rings. The van der Waals surface area contributed by atoms with Crippen LogP contribution in [-0.4, -0.2) is 59.3 Å². The minimum absolute atomic E-state index is 0. The number of rotatable bonds is 4. The van der Waals surface area contributed by atoms with Gasteiger partial charge >= 0.3 is 0 Å². The summed E-state index contributed by atoms with van der Waals surface area (Å²) >= 11 is 0. The lowest BCUT2D eigenvalue weighted by molar-refractivity contribution is -0.126. The number of imidazole rings is 1. The molecule has 158 valence electrons. The van der Waals surface area contributed by atoms with Gasteiger partial charge in [-0.15, -0.1) is 24.0 Å². The number of hydrogen-bond acceptors (Lipinski definition) is 3. The molecule has 4 atom stereocenters. The van der Waals surface area contributed by atoms with Gasteiger partial charge in [0.1, 0.15) is 0 Å². The van der Waals surface area contributed by atoms with Crippen LogP contribution in [0.1, 0.15) is 58.4 Å². The fraction of sp³-hybridized carbons (Fsp3) is 0.810. The highest BCUT2D eigenvalue weighted by Gasteiger charge is 2.57. The summed E-state index contributed by atoms with van der Waals surface area (Å²) in [5.41, 5.74) is 0.332. The van der Waals surface area contributed by atoms with Crippen molar-refractivity contribution in [1.82, 2.24) is 19.8 Å². The fourth-order valence-corrected chi connectivity index (χ4v) is 5.64. The van der Waals surface area contributed by atoms with E-state index >= 15 is 0 Å². The van der Waals surface area contributed by atoms with Crippen molar-refractivity contribution >= 4 is 29.9 Å². The van der Waals surface area contributed by atoms with Gasteiger partial charge in [0.15, 0.2) is 5.96 Å². The van der Waals surface area contributed by atoms with Crippen molar-refractivity contribution in [3.05, 3.63) is 18.7 Å². The Labute approximate surface area is 186 Å². The number of aliphatic imine (C=N–C) groups is 1. The number of nitrogens with zero attached hydrogens (tertiary/aromatic N) is 4.